The Morgan fingerprint density at radius 1 is 1.05 bits per heavy atom. The summed E-state index contributed by atoms with van der Waals surface area (Å²) < 4.78 is 0. The van der Waals surface area contributed by atoms with Crippen LogP contribution in [-0.2, 0) is 0 Å². The predicted molar refractivity (Wildman–Crippen MR) is 80.0 cm³/mol. The monoisotopic (exact) mass is 253 g/mol. The molecule has 0 aromatic heterocycles. The molecule has 0 aliphatic heterocycles. The van der Waals surface area contributed by atoms with Crippen molar-refractivity contribution in [1.82, 2.24) is 0 Å². The standard InChI is InChI=1S/C17H19NO/c1-13-9-10-16(14(2)11-13)17(19)12-18(3)15-7-5-4-6-8-15/h4-11H,12H2,1-3H3. The maximum Gasteiger partial charge on any atom is 0.182 e. The predicted octanol–water partition coefficient (Wildman–Crippen LogP) is 3.62. The third kappa shape index (κ3) is 3.22. The third-order valence-corrected chi connectivity index (χ3v) is 3.26. The van der Waals surface area contributed by atoms with Crippen LogP contribution in [0.4, 0.5) is 5.69 Å². The highest BCUT2D eigenvalue weighted by Gasteiger charge is 2.12. The van der Waals surface area contributed by atoms with Gasteiger partial charge in [-0.3, -0.25) is 4.79 Å². The van der Waals surface area contributed by atoms with Crippen LogP contribution in [0.25, 0.3) is 0 Å². The lowest BCUT2D eigenvalue weighted by Crippen LogP contribution is -2.26. The fourth-order valence-electron chi connectivity index (χ4n) is 2.20. The van der Waals surface area contributed by atoms with Gasteiger partial charge in [-0.2, -0.15) is 0 Å². The number of para-hydroxylation sites is 1. The molecule has 0 N–H and O–H groups in total. The molecule has 0 atom stereocenters. The van der Waals surface area contributed by atoms with E-state index < -0.39 is 0 Å². The summed E-state index contributed by atoms with van der Waals surface area (Å²) in [5.41, 5.74) is 4.10. The summed E-state index contributed by atoms with van der Waals surface area (Å²) in [4.78, 5) is 14.3. The number of carbonyl (C=O) groups excluding carboxylic acids is 1. The molecule has 0 aliphatic rings. The Morgan fingerprint density at radius 3 is 2.37 bits per heavy atom. The summed E-state index contributed by atoms with van der Waals surface area (Å²) in [5.74, 6) is 0.156. The summed E-state index contributed by atoms with van der Waals surface area (Å²) in [5, 5.41) is 0. The first-order valence-electron chi connectivity index (χ1n) is 6.44. The Balaban J connectivity index is 2.13. The number of likely N-dealkylation sites (N-methyl/N-ethyl adjacent to an activating group) is 1. The van der Waals surface area contributed by atoms with Gasteiger partial charge in [0.1, 0.15) is 0 Å². The number of aryl methyl sites for hydroxylation is 2. The molecule has 0 heterocycles. The van der Waals surface area contributed by atoms with Crippen molar-refractivity contribution >= 4 is 11.5 Å². The van der Waals surface area contributed by atoms with Crippen LogP contribution in [0.15, 0.2) is 48.5 Å². The van der Waals surface area contributed by atoms with Crippen LogP contribution in [0.2, 0.25) is 0 Å². The molecular weight excluding hydrogens is 234 g/mol. The van der Waals surface area contributed by atoms with E-state index in [2.05, 4.69) is 6.07 Å². The van der Waals surface area contributed by atoms with E-state index in [0.717, 1.165) is 16.8 Å². The Hall–Kier alpha value is -2.09. The number of rotatable bonds is 4. The van der Waals surface area contributed by atoms with Crippen molar-refractivity contribution in [2.45, 2.75) is 13.8 Å². The van der Waals surface area contributed by atoms with Gasteiger partial charge in [0, 0.05) is 18.3 Å². The van der Waals surface area contributed by atoms with Crippen molar-refractivity contribution in [3.8, 4) is 0 Å². The highest BCUT2D eigenvalue weighted by molar-refractivity contribution is 6.00. The van der Waals surface area contributed by atoms with Crippen LogP contribution in [0, 0.1) is 13.8 Å². The van der Waals surface area contributed by atoms with Crippen molar-refractivity contribution in [3.05, 3.63) is 65.2 Å². The number of hydrogen-bond donors (Lipinski definition) is 0. The summed E-state index contributed by atoms with van der Waals surface area (Å²) >= 11 is 0. The molecule has 0 spiro atoms. The van der Waals surface area contributed by atoms with E-state index in [1.54, 1.807) is 0 Å². The lowest BCUT2D eigenvalue weighted by molar-refractivity contribution is 0.1000. The van der Waals surface area contributed by atoms with Crippen LogP contribution in [0.1, 0.15) is 21.5 Å². The molecule has 98 valence electrons. The molecule has 0 saturated carbocycles. The molecule has 0 bridgehead atoms. The molecule has 0 radical (unpaired) electrons. The van der Waals surface area contributed by atoms with Gasteiger partial charge in [-0.25, -0.2) is 0 Å². The summed E-state index contributed by atoms with van der Waals surface area (Å²) in [6.07, 6.45) is 0. The molecule has 2 heteroatoms. The quantitative estimate of drug-likeness (QED) is 0.776. The smallest absolute Gasteiger partial charge is 0.182 e. The normalized spacial score (nSPS) is 10.3. The van der Waals surface area contributed by atoms with Gasteiger partial charge in [-0.05, 0) is 31.5 Å². The summed E-state index contributed by atoms with van der Waals surface area (Å²) in [6.45, 7) is 4.42. The van der Waals surface area contributed by atoms with Gasteiger partial charge in [0.2, 0.25) is 0 Å². The molecule has 2 rings (SSSR count). The number of hydrogen-bond acceptors (Lipinski definition) is 2. The van der Waals surface area contributed by atoms with Gasteiger partial charge in [0.25, 0.3) is 0 Å². The molecule has 2 aromatic rings. The Bertz CT molecular complexity index is 575. The Kier molecular flexibility index (Phi) is 4.00. The number of carbonyl (C=O) groups is 1. The lowest BCUT2D eigenvalue weighted by Gasteiger charge is -2.18. The minimum Gasteiger partial charge on any atom is -0.367 e. The number of ketones is 1. The van der Waals surface area contributed by atoms with E-state index >= 15 is 0 Å². The Morgan fingerprint density at radius 2 is 1.74 bits per heavy atom. The molecule has 0 amide bonds. The zero-order valence-electron chi connectivity index (χ0n) is 11.7. The van der Waals surface area contributed by atoms with Crippen molar-refractivity contribution in [2.75, 3.05) is 18.5 Å². The summed E-state index contributed by atoms with van der Waals surface area (Å²) in [6, 6.07) is 15.9. The number of Topliss-reactive ketones (excluding diaryl/α,β-unsaturated/α-hetero) is 1. The topological polar surface area (TPSA) is 20.3 Å². The minimum atomic E-state index is 0.156. The maximum absolute atomic E-state index is 12.3. The second kappa shape index (κ2) is 5.70. The van der Waals surface area contributed by atoms with E-state index in [1.807, 2.05) is 68.3 Å². The number of benzene rings is 2. The largest absolute Gasteiger partial charge is 0.367 e. The molecule has 2 nitrogen and oxygen atoms in total. The van der Waals surface area contributed by atoms with Gasteiger partial charge >= 0.3 is 0 Å². The highest BCUT2D eigenvalue weighted by atomic mass is 16.1. The fraction of sp³-hybridized carbons (Fsp3) is 0.235. The van der Waals surface area contributed by atoms with Gasteiger partial charge in [-0.1, -0.05) is 42.0 Å². The first-order valence-corrected chi connectivity index (χ1v) is 6.44. The molecule has 0 aliphatic carbocycles. The lowest BCUT2D eigenvalue weighted by atomic mass is 10.0. The number of nitrogens with zero attached hydrogens (tertiary/aromatic N) is 1. The van der Waals surface area contributed by atoms with E-state index in [4.69, 9.17) is 0 Å². The molecular formula is C17H19NO. The third-order valence-electron chi connectivity index (χ3n) is 3.26. The van der Waals surface area contributed by atoms with Crippen LogP contribution < -0.4 is 4.90 Å². The second-order valence-electron chi connectivity index (χ2n) is 4.93. The molecule has 0 fully saturated rings. The molecule has 2 aromatic carbocycles. The molecule has 0 unspecified atom stereocenters. The van der Waals surface area contributed by atoms with E-state index in [0.29, 0.717) is 6.54 Å². The number of anilines is 1. The van der Waals surface area contributed by atoms with Crippen molar-refractivity contribution < 1.29 is 4.79 Å². The molecule has 0 saturated heterocycles. The van der Waals surface area contributed by atoms with Gasteiger partial charge in [0.05, 0.1) is 6.54 Å². The van der Waals surface area contributed by atoms with Crippen LogP contribution in [0.3, 0.4) is 0 Å². The minimum absolute atomic E-state index is 0.156. The van der Waals surface area contributed by atoms with Crippen molar-refractivity contribution in [3.63, 3.8) is 0 Å². The van der Waals surface area contributed by atoms with Gasteiger partial charge < -0.3 is 4.90 Å². The summed E-state index contributed by atoms with van der Waals surface area (Å²) in [7, 11) is 1.94. The average Bonchev–Trinajstić information content (AvgIpc) is 2.39. The van der Waals surface area contributed by atoms with Crippen LogP contribution in [0.5, 0.6) is 0 Å². The van der Waals surface area contributed by atoms with Gasteiger partial charge in [0.15, 0.2) is 5.78 Å². The van der Waals surface area contributed by atoms with Crippen LogP contribution >= 0.6 is 0 Å². The van der Waals surface area contributed by atoms with E-state index in [9.17, 15) is 4.79 Å². The van der Waals surface area contributed by atoms with Crippen molar-refractivity contribution in [1.29, 1.82) is 0 Å². The zero-order chi connectivity index (χ0) is 13.8. The second-order valence-corrected chi connectivity index (χ2v) is 4.93. The van der Waals surface area contributed by atoms with Gasteiger partial charge in [-0.15, -0.1) is 0 Å². The first-order chi connectivity index (χ1) is 9.08. The van der Waals surface area contributed by atoms with Crippen molar-refractivity contribution in [2.24, 2.45) is 0 Å². The first kappa shape index (κ1) is 13.3. The Labute approximate surface area is 114 Å². The SMILES string of the molecule is Cc1ccc(C(=O)CN(C)c2ccccc2)c(C)c1. The van der Waals surface area contributed by atoms with E-state index in [-0.39, 0.29) is 5.78 Å². The zero-order valence-corrected chi connectivity index (χ0v) is 11.7. The fourth-order valence-corrected chi connectivity index (χ4v) is 2.20. The van der Waals surface area contributed by atoms with E-state index in [1.165, 1.54) is 5.56 Å². The van der Waals surface area contributed by atoms with Crippen LogP contribution in [-0.4, -0.2) is 19.4 Å². The molecule has 19 heavy (non-hydrogen) atoms. The highest BCUT2D eigenvalue weighted by Crippen LogP contribution is 2.15. The average molecular weight is 253 g/mol. The maximum atomic E-state index is 12.3.